The van der Waals surface area contributed by atoms with Crippen LogP contribution in [0, 0.1) is 18.7 Å². The number of H-pyrrole nitrogens is 1. The lowest BCUT2D eigenvalue weighted by molar-refractivity contribution is 0.346. The summed E-state index contributed by atoms with van der Waals surface area (Å²) in [6, 6.07) is 4.80. The molecule has 1 saturated heterocycles. The van der Waals surface area contributed by atoms with Gasteiger partial charge in [0, 0.05) is 24.9 Å². The Morgan fingerprint density at radius 2 is 2.17 bits per heavy atom. The van der Waals surface area contributed by atoms with Gasteiger partial charge >= 0.3 is 0 Å². The number of hydrogen-bond donors (Lipinski definition) is 1. The van der Waals surface area contributed by atoms with Crippen LogP contribution in [0.3, 0.4) is 0 Å². The first-order chi connectivity index (χ1) is 10.9. The summed E-state index contributed by atoms with van der Waals surface area (Å²) in [5.41, 5.74) is 0. The molecule has 1 aromatic heterocycles. The normalized spacial score (nSPS) is 22.6. The van der Waals surface area contributed by atoms with Crippen molar-refractivity contribution in [2.45, 2.75) is 17.7 Å². The summed E-state index contributed by atoms with van der Waals surface area (Å²) in [4.78, 5) is 4.04. The Morgan fingerprint density at radius 3 is 2.78 bits per heavy atom. The van der Waals surface area contributed by atoms with Crippen LogP contribution in [-0.4, -0.2) is 47.7 Å². The molecule has 1 aromatic carbocycles. The van der Waals surface area contributed by atoms with Gasteiger partial charge in [-0.15, -0.1) is 0 Å². The Morgan fingerprint density at radius 1 is 1.39 bits per heavy atom. The van der Waals surface area contributed by atoms with E-state index in [1.165, 1.54) is 22.5 Å². The number of nitrogens with one attached hydrogen (secondary N) is 1. The molecule has 0 amide bonds. The lowest BCUT2D eigenvalue weighted by Gasteiger charge is -2.16. The maximum Gasteiger partial charge on any atom is 0.243 e. The Labute approximate surface area is 132 Å². The largest absolute Gasteiger partial charge is 0.263 e. The van der Waals surface area contributed by atoms with Gasteiger partial charge < -0.3 is 0 Å². The second-order valence-corrected chi connectivity index (χ2v) is 7.52. The molecule has 23 heavy (non-hydrogen) atoms. The lowest BCUT2D eigenvalue weighted by atomic mass is 9.97. The predicted octanol–water partition coefficient (Wildman–Crippen LogP) is 1.63. The highest BCUT2D eigenvalue weighted by molar-refractivity contribution is 7.89. The average Bonchev–Trinajstić information content (AvgIpc) is 3.13. The summed E-state index contributed by atoms with van der Waals surface area (Å²) in [6.45, 7) is 1.14. The third-order valence-electron chi connectivity index (χ3n) is 3.99. The molecule has 1 fully saturated rings. The van der Waals surface area contributed by atoms with E-state index in [4.69, 9.17) is 0 Å². The van der Waals surface area contributed by atoms with E-state index in [1.807, 2.05) is 0 Å². The van der Waals surface area contributed by atoms with E-state index in [-0.39, 0.29) is 18.0 Å². The number of nitrogens with zero attached hydrogens (tertiary/aromatic N) is 3. The van der Waals surface area contributed by atoms with E-state index >= 15 is 0 Å². The first-order valence-corrected chi connectivity index (χ1v) is 8.56. The lowest BCUT2D eigenvalue weighted by Crippen LogP contribution is -2.29. The number of aromatic amines is 1. The summed E-state index contributed by atoms with van der Waals surface area (Å²) < 4.78 is 53.0. The summed E-state index contributed by atoms with van der Waals surface area (Å²) in [6.07, 6.45) is 0. The molecule has 0 saturated carbocycles. The molecular weight excluding hydrogens is 326 g/mol. The smallest absolute Gasteiger partial charge is 0.243 e. The summed E-state index contributed by atoms with van der Waals surface area (Å²) in [5, 5.41) is 6.70. The van der Waals surface area contributed by atoms with Crippen LogP contribution in [0.4, 0.5) is 8.78 Å². The zero-order chi connectivity index (χ0) is 16.6. The highest BCUT2D eigenvalue weighted by Gasteiger charge is 2.41. The average molecular weight is 342 g/mol. The van der Waals surface area contributed by atoms with E-state index < -0.39 is 34.4 Å². The van der Waals surface area contributed by atoms with Gasteiger partial charge in [0.05, 0.1) is 11.6 Å². The number of hydrogen-bond acceptors (Lipinski definition) is 4. The summed E-state index contributed by atoms with van der Waals surface area (Å²) in [5.74, 6) is -0.582. The topological polar surface area (TPSA) is 79.0 Å². The van der Waals surface area contributed by atoms with Crippen LogP contribution in [0.1, 0.15) is 17.6 Å². The molecule has 0 aliphatic carbocycles. The number of aromatic nitrogens is 3. The third-order valence-corrected chi connectivity index (χ3v) is 5.81. The number of benzene rings is 1. The molecule has 9 heteroatoms. The summed E-state index contributed by atoms with van der Waals surface area (Å²) >= 11 is 0. The van der Waals surface area contributed by atoms with Crippen molar-refractivity contribution < 1.29 is 17.2 Å². The highest BCUT2D eigenvalue weighted by atomic mass is 32.2. The number of sulfonamides is 1. The van der Waals surface area contributed by atoms with E-state index in [9.17, 15) is 17.2 Å². The minimum atomic E-state index is -3.88. The predicted molar refractivity (Wildman–Crippen MR) is 78.5 cm³/mol. The maximum atomic E-state index is 13.3. The van der Waals surface area contributed by atoms with Crippen molar-refractivity contribution in [1.82, 2.24) is 19.5 Å². The van der Waals surface area contributed by atoms with Crippen LogP contribution in [0.2, 0.25) is 0 Å². The molecular formula is C14H16F2N4O2S. The van der Waals surface area contributed by atoms with E-state index in [0.717, 1.165) is 6.07 Å². The Kier molecular flexibility index (Phi) is 4.15. The first kappa shape index (κ1) is 16.0. The molecule has 0 radical (unpaired) electrons. The van der Waals surface area contributed by atoms with Gasteiger partial charge in [-0.3, -0.25) is 9.49 Å². The van der Waals surface area contributed by atoms with Crippen molar-refractivity contribution >= 4 is 10.0 Å². The second kappa shape index (κ2) is 5.97. The molecule has 0 bridgehead atoms. The van der Waals surface area contributed by atoms with Crippen molar-refractivity contribution in [2.75, 3.05) is 19.8 Å². The highest BCUT2D eigenvalue weighted by Crippen LogP contribution is 2.34. The standard InChI is InChI=1S/C14H16F2N4O2S/c1-9-17-14(19-18-9)13-8-20(7-10(13)6-15)23(21,22)12-4-2-3-11(16)5-12/h2-5,10,13H,6-8H2,1H3,(H,17,18,19)/t10-,13-/m1/s1. The van der Waals surface area contributed by atoms with Gasteiger partial charge in [0.2, 0.25) is 10.0 Å². The summed E-state index contributed by atoms with van der Waals surface area (Å²) in [7, 11) is -3.88. The fourth-order valence-corrected chi connectivity index (χ4v) is 4.33. The van der Waals surface area contributed by atoms with Gasteiger partial charge in [0.15, 0.2) is 5.82 Å². The van der Waals surface area contributed by atoms with Gasteiger partial charge in [0.1, 0.15) is 11.6 Å². The molecule has 6 nitrogen and oxygen atoms in total. The molecule has 124 valence electrons. The molecule has 1 aliphatic heterocycles. The van der Waals surface area contributed by atoms with Crippen molar-refractivity contribution in [2.24, 2.45) is 5.92 Å². The first-order valence-electron chi connectivity index (χ1n) is 7.12. The quantitative estimate of drug-likeness (QED) is 0.916. The van der Waals surface area contributed by atoms with Crippen molar-refractivity contribution in [3.63, 3.8) is 0 Å². The van der Waals surface area contributed by atoms with Crippen LogP contribution in [-0.2, 0) is 10.0 Å². The van der Waals surface area contributed by atoms with Gasteiger partial charge in [-0.2, -0.15) is 9.40 Å². The van der Waals surface area contributed by atoms with E-state index in [0.29, 0.717) is 11.6 Å². The van der Waals surface area contributed by atoms with Crippen LogP contribution in [0.5, 0.6) is 0 Å². The van der Waals surface area contributed by atoms with Gasteiger partial charge in [-0.1, -0.05) is 6.07 Å². The van der Waals surface area contributed by atoms with Crippen LogP contribution < -0.4 is 0 Å². The Balaban J connectivity index is 1.90. The van der Waals surface area contributed by atoms with E-state index in [1.54, 1.807) is 6.92 Å². The van der Waals surface area contributed by atoms with Gasteiger partial charge in [-0.25, -0.2) is 17.8 Å². The molecule has 3 rings (SSSR count). The van der Waals surface area contributed by atoms with Crippen molar-refractivity contribution in [1.29, 1.82) is 0 Å². The number of halogens is 2. The molecule has 2 atom stereocenters. The Hall–Kier alpha value is -1.87. The minimum Gasteiger partial charge on any atom is -0.263 e. The second-order valence-electron chi connectivity index (χ2n) is 5.58. The Bertz CT molecular complexity index is 809. The fraction of sp³-hybridized carbons (Fsp3) is 0.429. The molecule has 2 aromatic rings. The minimum absolute atomic E-state index is 0.0214. The van der Waals surface area contributed by atoms with Crippen LogP contribution in [0.15, 0.2) is 29.2 Å². The monoisotopic (exact) mass is 342 g/mol. The third kappa shape index (κ3) is 2.98. The van der Waals surface area contributed by atoms with Crippen molar-refractivity contribution in [3.05, 3.63) is 41.7 Å². The number of rotatable bonds is 4. The van der Waals surface area contributed by atoms with Gasteiger partial charge in [-0.05, 0) is 25.1 Å². The zero-order valence-electron chi connectivity index (χ0n) is 12.4. The molecule has 2 heterocycles. The van der Waals surface area contributed by atoms with Crippen LogP contribution >= 0.6 is 0 Å². The fourth-order valence-electron chi connectivity index (χ4n) is 2.78. The zero-order valence-corrected chi connectivity index (χ0v) is 13.2. The van der Waals surface area contributed by atoms with Crippen LogP contribution in [0.25, 0.3) is 0 Å². The molecule has 1 aliphatic rings. The number of alkyl halides is 1. The molecule has 1 N–H and O–H groups in total. The maximum absolute atomic E-state index is 13.3. The number of aryl methyl sites for hydroxylation is 1. The van der Waals surface area contributed by atoms with Gasteiger partial charge in [0.25, 0.3) is 0 Å². The SMILES string of the molecule is Cc1nc([C@@H]2CN(S(=O)(=O)c3cccc(F)c3)C[C@H]2CF)n[nH]1. The molecule has 0 unspecified atom stereocenters. The van der Waals surface area contributed by atoms with Crippen molar-refractivity contribution in [3.8, 4) is 0 Å². The molecule has 0 spiro atoms. The van der Waals surface area contributed by atoms with E-state index in [2.05, 4.69) is 15.2 Å².